The number of nitrogens with one attached hydrogen (secondary N) is 2. The minimum Gasteiger partial charge on any atom is -0.355 e. The van der Waals surface area contributed by atoms with Crippen molar-refractivity contribution >= 4 is 46.4 Å². The average Bonchev–Trinajstić information content (AvgIpc) is 3.73. The first-order chi connectivity index (χ1) is 18.6. The largest absolute Gasteiger partial charge is 0.355 e. The molecule has 198 valence electrons. The van der Waals surface area contributed by atoms with Gasteiger partial charge in [0.1, 0.15) is 0 Å². The first-order valence-electron chi connectivity index (χ1n) is 14.7. The van der Waals surface area contributed by atoms with E-state index in [1.165, 1.54) is 60.7 Å². The molecule has 0 amide bonds. The summed E-state index contributed by atoms with van der Waals surface area (Å²) in [6, 6.07) is 13.1. The van der Waals surface area contributed by atoms with Crippen molar-refractivity contribution in [3.63, 3.8) is 0 Å². The van der Waals surface area contributed by atoms with Gasteiger partial charge in [-0.25, -0.2) is 9.97 Å². The SMILES string of the molecule is CCCC(CC)Cc1c2nc(cc3nc(c(CC(CC)CCC)c4ccc(cc5ccc1[nH]5)[nH]4)C=C3)C=C2. The molecule has 2 aliphatic rings. The van der Waals surface area contributed by atoms with E-state index in [0.717, 1.165) is 46.7 Å². The molecule has 0 aliphatic carbocycles. The van der Waals surface area contributed by atoms with E-state index in [1.54, 1.807) is 0 Å². The van der Waals surface area contributed by atoms with Crippen LogP contribution in [0.25, 0.3) is 46.4 Å². The number of nitrogens with zero attached hydrogens (tertiary/aromatic N) is 2. The van der Waals surface area contributed by atoms with Gasteiger partial charge in [0.25, 0.3) is 0 Å². The van der Waals surface area contributed by atoms with Gasteiger partial charge in [-0.1, -0.05) is 66.2 Å². The molecule has 4 heteroatoms. The summed E-state index contributed by atoms with van der Waals surface area (Å²) in [5.74, 6) is 1.30. The lowest BCUT2D eigenvalue weighted by atomic mass is 9.92. The van der Waals surface area contributed by atoms with Crippen molar-refractivity contribution in [3.05, 3.63) is 70.3 Å². The molecule has 8 bridgehead atoms. The quantitative estimate of drug-likeness (QED) is 0.198. The number of aromatic nitrogens is 4. The van der Waals surface area contributed by atoms with Crippen LogP contribution in [0.5, 0.6) is 0 Å². The zero-order valence-electron chi connectivity index (χ0n) is 23.5. The highest BCUT2D eigenvalue weighted by Crippen LogP contribution is 2.28. The maximum Gasteiger partial charge on any atom is 0.0690 e. The second-order valence-electron chi connectivity index (χ2n) is 10.9. The fourth-order valence-corrected chi connectivity index (χ4v) is 5.92. The van der Waals surface area contributed by atoms with Crippen LogP contribution >= 0.6 is 0 Å². The number of rotatable bonds is 10. The minimum absolute atomic E-state index is 0.652. The molecule has 2 atom stereocenters. The summed E-state index contributed by atoms with van der Waals surface area (Å²) in [4.78, 5) is 17.6. The van der Waals surface area contributed by atoms with E-state index in [0.29, 0.717) is 11.8 Å². The second-order valence-corrected chi connectivity index (χ2v) is 10.9. The zero-order valence-corrected chi connectivity index (χ0v) is 23.5. The molecule has 0 aromatic carbocycles. The van der Waals surface area contributed by atoms with Crippen LogP contribution < -0.4 is 0 Å². The molecule has 0 spiro atoms. The summed E-state index contributed by atoms with van der Waals surface area (Å²) in [5, 5.41) is 0. The van der Waals surface area contributed by atoms with Crippen molar-refractivity contribution in [2.24, 2.45) is 11.8 Å². The Morgan fingerprint density at radius 2 is 1.08 bits per heavy atom. The van der Waals surface area contributed by atoms with Crippen molar-refractivity contribution in [1.82, 2.24) is 19.9 Å². The Morgan fingerprint density at radius 1 is 0.605 bits per heavy atom. The number of H-pyrrole nitrogens is 2. The van der Waals surface area contributed by atoms with Crippen molar-refractivity contribution in [3.8, 4) is 0 Å². The Hall–Kier alpha value is -3.40. The maximum atomic E-state index is 5.08. The molecule has 5 heterocycles. The van der Waals surface area contributed by atoms with E-state index in [9.17, 15) is 0 Å². The van der Waals surface area contributed by atoms with Gasteiger partial charge in [-0.2, -0.15) is 0 Å². The molecule has 0 saturated heterocycles. The van der Waals surface area contributed by atoms with Gasteiger partial charge in [0.2, 0.25) is 0 Å². The van der Waals surface area contributed by atoms with Gasteiger partial charge in [0.05, 0.1) is 22.8 Å². The van der Waals surface area contributed by atoms with Crippen molar-refractivity contribution in [2.75, 3.05) is 0 Å². The summed E-state index contributed by atoms with van der Waals surface area (Å²) < 4.78 is 0. The zero-order chi connectivity index (χ0) is 26.5. The van der Waals surface area contributed by atoms with Crippen LogP contribution in [0.4, 0.5) is 0 Å². The summed E-state index contributed by atoms with van der Waals surface area (Å²) in [6.45, 7) is 9.17. The lowest BCUT2D eigenvalue weighted by molar-refractivity contribution is 0.462. The van der Waals surface area contributed by atoms with Crippen molar-refractivity contribution < 1.29 is 0 Å². The first kappa shape index (κ1) is 26.2. The highest BCUT2D eigenvalue weighted by Gasteiger charge is 2.16. The average molecular weight is 507 g/mol. The number of hydrogen-bond donors (Lipinski definition) is 2. The Bertz CT molecular complexity index is 1370. The number of hydrogen-bond acceptors (Lipinski definition) is 2. The van der Waals surface area contributed by atoms with E-state index >= 15 is 0 Å². The topological polar surface area (TPSA) is 57.4 Å². The van der Waals surface area contributed by atoms with Crippen LogP contribution in [0, 0.1) is 11.8 Å². The monoisotopic (exact) mass is 506 g/mol. The Balaban J connectivity index is 1.73. The van der Waals surface area contributed by atoms with E-state index in [-0.39, 0.29) is 0 Å². The Morgan fingerprint density at radius 3 is 1.50 bits per heavy atom. The molecule has 3 aromatic heterocycles. The fourth-order valence-electron chi connectivity index (χ4n) is 5.92. The molecule has 3 aromatic rings. The molecule has 2 N–H and O–H groups in total. The van der Waals surface area contributed by atoms with Crippen LogP contribution in [0.15, 0.2) is 36.4 Å². The third-order valence-electron chi connectivity index (χ3n) is 8.15. The normalized spacial score (nSPS) is 14.2. The minimum atomic E-state index is 0.652. The molecular formula is C34H42N4. The van der Waals surface area contributed by atoms with Crippen LogP contribution in [-0.2, 0) is 12.8 Å². The van der Waals surface area contributed by atoms with Crippen LogP contribution in [0.2, 0.25) is 0 Å². The van der Waals surface area contributed by atoms with Gasteiger partial charge in [0, 0.05) is 33.2 Å². The predicted molar refractivity (Wildman–Crippen MR) is 164 cm³/mol. The smallest absolute Gasteiger partial charge is 0.0690 e. The summed E-state index contributed by atoms with van der Waals surface area (Å²) >= 11 is 0. The third kappa shape index (κ3) is 5.85. The highest BCUT2D eigenvalue weighted by atomic mass is 14.8. The summed E-state index contributed by atoms with van der Waals surface area (Å²) in [6.07, 6.45) is 17.9. The molecule has 0 saturated carbocycles. The van der Waals surface area contributed by atoms with E-state index < -0.39 is 0 Å². The van der Waals surface area contributed by atoms with E-state index in [1.807, 2.05) is 0 Å². The molecule has 5 rings (SSSR count). The molecular weight excluding hydrogens is 464 g/mol. The van der Waals surface area contributed by atoms with Crippen molar-refractivity contribution in [2.45, 2.75) is 79.1 Å². The first-order valence-corrected chi connectivity index (χ1v) is 14.7. The summed E-state index contributed by atoms with van der Waals surface area (Å²) in [5.41, 5.74) is 11.2. The Kier molecular flexibility index (Phi) is 8.26. The third-order valence-corrected chi connectivity index (χ3v) is 8.15. The molecule has 2 unspecified atom stereocenters. The van der Waals surface area contributed by atoms with Crippen molar-refractivity contribution in [1.29, 1.82) is 0 Å². The van der Waals surface area contributed by atoms with Gasteiger partial charge in [-0.3, -0.25) is 0 Å². The molecule has 2 aliphatic heterocycles. The van der Waals surface area contributed by atoms with E-state index in [2.05, 4.69) is 98.4 Å². The fraction of sp³-hybridized carbons (Fsp3) is 0.412. The van der Waals surface area contributed by atoms with Crippen LogP contribution in [0.3, 0.4) is 0 Å². The van der Waals surface area contributed by atoms with Gasteiger partial charge < -0.3 is 9.97 Å². The Labute approximate surface area is 227 Å². The van der Waals surface area contributed by atoms with Gasteiger partial charge in [0.15, 0.2) is 0 Å². The number of aromatic amines is 2. The highest BCUT2D eigenvalue weighted by molar-refractivity contribution is 5.80. The molecule has 4 nitrogen and oxygen atoms in total. The second kappa shape index (κ2) is 12.0. The van der Waals surface area contributed by atoms with Gasteiger partial charge >= 0.3 is 0 Å². The standard InChI is InChI=1S/C34H42N4/c1-5-9-23(7-3)19-29-31-15-11-25(35-31)21-27-13-17-33(37-27)30(20-24(8-4)10-6-2)34-18-14-28(38-34)22-26-12-16-32(29)36-26/h11-18,21-24,35,37H,5-10,19-20H2,1-4H3. The molecule has 0 fully saturated rings. The van der Waals surface area contributed by atoms with Crippen LogP contribution in [-0.4, -0.2) is 19.9 Å². The molecule has 0 radical (unpaired) electrons. The maximum absolute atomic E-state index is 5.08. The lowest BCUT2D eigenvalue weighted by Crippen LogP contribution is -2.05. The predicted octanol–water partition coefficient (Wildman–Crippen LogP) is 9.39. The van der Waals surface area contributed by atoms with Gasteiger partial charge in [-0.15, -0.1) is 0 Å². The van der Waals surface area contributed by atoms with Gasteiger partial charge in [-0.05, 0) is 85.4 Å². The summed E-state index contributed by atoms with van der Waals surface area (Å²) in [7, 11) is 0. The lowest BCUT2D eigenvalue weighted by Gasteiger charge is -2.14. The number of fused-ring (bicyclic) bond motifs is 8. The molecule has 38 heavy (non-hydrogen) atoms. The van der Waals surface area contributed by atoms with E-state index in [4.69, 9.17) is 9.97 Å². The van der Waals surface area contributed by atoms with Crippen LogP contribution in [0.1, 0.15) is 100 Å².